The number of nitrogens with zero attached hydrogens (tertiary/aromatic N) is 1. The lowest BCUT2D eigenvalue weighted by atomic mass is 9.85. The summed E-state index contributed by atoms with van der Waals surface area (Å²) >= 11 is 0. The standard InChI is InChI=1S/C24H28N2O/c1-23(2,16-27-4)18-10-11-20-21(14-18)26-22(25-20)15-19(24(3)12-13-24)17-8-6-5-7-9-17/h5-11,14-15H,12-13,16H2,1-4H3,(H,25,26)/b19-15-. The van der Waals surface area contributed by atoms with Crippen LogP contribution in [0.15, 0.2) is 48.5 Å². The van der Waals surface area contributed by atoms with Crippen molar-refractivity contribution in [1.29, 1.82) is 0 Å². The number of nitrogens with one attached hydrogen (secondary N) is 1. The van der Waals surface area contributed by atoms with Gasteiger partial charge in [0.05, 0.1) is 17.6 Å². The van der Waals surface area contributed by atoms with E-state index in [0.29, 0.717) is 6.61 Å². The first-order valence-corrected chi connectivity index (χ1v) is 9.68. The molecule has 1 aliphatic rings. The largest absolute Gasteiger partial charge is 0.384 e. The molecule has 0 saturated heterocycles. The lowest BCUT2D eigenvalue weighted by molar-refractivity contribution is 0.147. The minimum Gasteiger partial charge on any atom is -0.384 e. The van der Waals surface area contributed by atoms with Gasteiger partial charge in [-0.05, 0) is 53.2 Å². The van der Waals surface area contributed by atoms with Gasteiger partial charge in [-0.25, -0.2) is 4.98 Å². The topological polar surface area (TPSA) is 37.9 Å². The molecule has 0 radical (unpaired) electrons. The number of hydrogen-bond acceptors (Lipinski definition) is 2. The Hall–Kier alpha value is -2.39. The van der Waals surface area contributed by atoms with Crippen molar-refractivity contribution >= 4 is 22.7 Å². The van der Waals surface area contributed by atoms with Crippen LogP contribution in [0.5, 0.6) is 0 Å². The second-order valence-electron chi connectivity index (χ2n) is 8.66. The zero-order valence-electron chi connectivity index (χ0n) is 16.7. The number of benzene rings is 2. The molecule has 0 atom stereocenters. The monoisotopic (exact) mass is 360 g/mol. The van der Waals surface area contributed by atoms with Gasteiger partial charge in [-0.15, -0.1) is 0 Å². The van der Waals surface area contributed by atoms with Crippen LogP contribution in [0.1, 0.15) is 50.6 Å². The van der Waals surface area contributed by atoms with Crippen LogP contribution < -0.4 is 0 Å². The van der Waals surface area contributed by atoms with Crippen molar-refractivity contribution in [3.8, 4) is 0 Å². The third-order valence-corrected chi connectivity index (χ3v) is 5.80. The number of ether oxygens (including phenoxy) is 1. The molecule has 1 heterocycles. The van der Waals surface area contributed by atoms with E-state index in [4.69, 9.17) is 9.72 Å². The molecule has 0 unspecified atom stereocenters. The van der Waals surface area contributed by atoms with Gasteiger partial charge in [0.25, 0.3) is 0 Å². The third-order valence-electron chi connectivity index (χ3n) is 5.80. The average molecular weight is 361 g/mol. The zero-order valence-corrected chi connectivity index (χ0v) is 16.7. The summed E-state index contributed by atoms with van der Waals surface area (Å²) in [7, 11) is 1.75. The predicted molar refractivity (Wildman–Crippen MR) is 113 cm³/mol. The Morgan fingerprint density at radius 3 is 2.59 bits per heavy atom. The van der Waals surface area contributed by atoms with Gasteiger partial charge in [0.2, 0.25) is 0 Å². The van der Waals surface area contributed by atoms with E-state index in [1.54, 1.807) is 7.11 Å². The van der Waals surface area contributed by atoms with Gasteiger partial charge in [0.1, 0.15) is 5.82 Å². The van der Waals surface area contributed by atoms with Gasteiger partial charge in [-0.3, -0.25) is 0 Å². The number of hydrogen-bond donors (Lipinski definition) is 1. The Morgan fingerprint density at radius 1 is 1.19 bits per heavy atom. The van der Waals surface area contributed by atoms with E-state index in [-0.39, 0.29) is 10.8 Å². The number of H-pyrrole nitrogens is 1. The molecule has 2 aromatic carbocycles. The van der Waals surface area contributed by atoms with Crippen LogP contribution in [0, 0.1) is 5.41 Å². The normalized spacial score (nSPS) is 16.7. The highest BCUT2D eigenvalue weighted by Crippen LogP contribution is 2.55. The van der Waals surface area contributed by atoms with Crippen molar-refractivity contribution < 1.29 is 4.74 Å². The minimum absolute atomic E-state index is 0.0332. The van der Waals surface area contributed by atoms with Gasteiger partial charge >= 0.3 is 0 Å². The molecule has 1 fully saturated rings. The van der Waals surface area contributed by atoms with E-state index in [2.05, 4.69) is 80.4 Å². The number of aromatic amines is 1. The lowest BCUT2D eigenvalue weighted by Gasteiger charge is -2.24. The number of methoxy groups -OCH3 is 1. The fourth-order valence-corrected chi connectivity index (χ4v) is 3.78. The van der Waals surface area contributed by atoms with Crippen LogP contribution >= 0.6 is 0 Å². The number of fused-ring (bicyclic) bond motifs is 1. The van der Waals surface area contributed by atoms with Crippen LogP contribution in [0.25, 0.3) is 22.7 Å². The Labute approximate surface area is 161 Å². The Morgan fingerprint density at radius 2 is 1.93 bits per heavy atom. The second-order valence-corrected chi connectivity index (χ2v) is 8.66. The highest BCUT2D eigenvalue weighted by atomic mass is 16.5. The third kappa shape index (κ3) is 3.57. The molecule has 3 aromatic rings. The van der Waals surface area contributed by atoms with E-state index in [9.17, 15) is 0 Å². The van der Waals surface area contributed by atoms with Crippen molar-refractivity contribution in [2.45, 2.75) is 39.0 Å². The summed E-state index contributed by atoms with van der Waals surface area (Å²) in [4.78, 5) is 8.37. The molecular formula is C24H28N2O. The first kappa shape index (κ1) is 18.0. The van der Waals surface area contributed by atoms with Gasteiger partial charge in [0.15, 0.2) is 0 Å². The number of rotatable bonds is 6. The molecule has 1 N–H and O–H groups in total. The summed E-state index contributed by atoms with van der Waals surface area (Å²) in [5.41, 5.74) is 6.24. The van der Waals surface area contributed by atoms with E-state index in [1.165, 1.54) is 29.5 Å². The van der Waals surface area contributed by atoms with Gasteiger partial charge in [0, 0.05) is 12.5 Å². The van der Waals surface area contributed by atoms with Crippen LogP contribution in [0.3, 0.4) is 0 Å². The molecule has 0 amide bonds. The molecule has 3 nitrogen and oxygen atoms in total. The number of imidazole rings is 1. The van der Waals surface area contributed by atoms with Gasteiger partial charge in [-0.2, -0.15) is 0 Å². The van der Waals surface area contributed by atoms with Crippen molar-refractivity contribution in [1.82, 2.24) is 9.97 Å². The lowest BCUT2D eigenvalue weighted by Crippen LogP contribution is -2.23. The van der Waals surface area contributed by atoms with Gasteiger partial charge < -0.3 is 9.72 Å². The number of allylic oxidation sites excluding steroid dienone is 1. The summed E-state index contributed by atoms with van der Waals surface area (Å²) in [5.74, 6) is 0.929. The molecule has 3 heteroatoms. The van der Waals surface area contributed by atoms with Crippen molar-refractivity contribution in [2.75, 3.05) is 13.7 Å². The fourth-order valence-electron chi connectivity index (χ4n) is 3.78. The first-order valence-electron chi connectivity index (χ1n) is 9.68. The van der Waals surface area contributed by atoms with Gasteiger partial charge in [-0.1, -0.05) is 57.2 Å². The molecule has 1 saturated carbocycles. The Kier molecular flexibility index (Phi) is 4.43. The summed E-state index contributed by atoms with van der Waals surface area (Å²) < 4.78 is 5.39. The maximum absolute atomic E-state index is 5.39. The molecule has 4 rings (SSSR count). The van der Waals surface area contributed by atoms with Crippen LogP contribution in [-0.2, 0) is 10.2 Å². The Bertz CT molecular complexity index is 978. The zero-order chi connectivity index (χ0) is 19.1. The van der Waals surface area contributed by atoms with E-state index >= 15 is 0 Å². The summed E-state index contributed by atoms with van der Waals surface area (Å²) in [6.45, 7) is 7.44. The van der Waals surface area contributed by atoms with E-state index in [0.717, 1.165) is 16.9 Å². The first-order chi connectivity index (χ1) is 12.9. The van der Waals surface area contributed by atoms with Crippen molar-refractivity contribution in [3.63, 3.8) is 0 Å². The maximum atomic E-state index is 5.39. The van der Waals surface area contributed by atoms with Crippen LogP contribution in [0.2, 0.25) is 0 Å². The molecule has 1 aliphatic carbocycles. The van der Waals surface area contributed by atoms with Crippen LogP contribution in [-0.4, -0.2) is 23.7 Å². The van der Waals surface area contributed by atoms with Crippen molar-refractivity contribution in [2.24, 2.45) is 5.41 Å². The molecule has 0 aliphatic heterocycles. The predicted octanol–water partition coefficient (Wildman–Crippen LogP) is 5.83. The molecule has 1 aromatic heterocycles. The SMILES string of the molecule is COCC(C)(C)c1ccc2[nH]c(/C=C(/c3ccccc3)C3(C)CC3)nc2c1. The van der Waals surface area contributed by atoms with Crippen LogP contribution in [0.4, 0.5) is 0 Å². The summed E-state index contributed by atoms with van der Waals surface area (Å²) in [6, 6.07) is 17.2. The maximum Gasteiger partial charge on any atom is 0.131 e. The second kappa shape index (κ2) is 6.65. The molecule has 0 spiro atoms. The highest BCUT2D eigenvalue weighted by molar-refractivity contribution is 5.87. The van der Waals surface area contributed by atoms with Crippen molar-refractivity contribution in [3.05, 3.63) is 65.5 Å². The average Bonchev–Trinajstić information content (AvgIpc) is 3.26. The molecule has 140 valence electrons. The van der Waals surface area contributed by atoms with E-state index < -0.39 is 0 Å². The Balaban J connectivity index is 1.74. The highest BCUT2D eigenvalue weighted by Gasteiger charge is 2.41. The molecule has 0 bridgehead atoms. The minimum atomic E-state index is -0.0332. The smallest absolute Gasteiger partial charge is 0.131 e. The summed E-state index contributed by atoms with van der Waals surface area (Å²) in [6.07, 6.45) is 4.72. The molecule has 27 heavy (non-hydrogen) atoms. The molecular weight excluding hydrogens is 332 g/mol. The van der Waals surface area contributed by atoms with E-state index in [1.807, 2.05) is 0 Å². The number of aromatic nitrogens is 2. The summed E-state index contributed by atoms with van der Waals surface area (Å²) in [5, 5.41) is 0. The fraction of sp³-hybridized carbons (Fsp3) is 0.375. The quantitative estimate of drug-likeness (QED) is 0.601.